The first kappa shape index (κ1) is 17.7. The number of fused-ring (bicyclic) bond motifs is 1. The van der Waals surface area contributed by atoms with Gasteiger partial charge >= 0.3 is 0 Å². The van der Waals surface area contributed by atoms with E-state index in [1.54, 1.807) is 0 Å². The highest BCUT2D eigenvalue weighted by atomic mass is 16.5. The Labute approximate surface area is 158 Å². The Morgan fingerprint density at radius 2 is 2.04 bits per heavy atom. The maximum Gasteiger partial charge on any atom is 0.252 e. The third-order valence-corrected chi connectivity index (χ3v) is 4.98. The standard InChI is InChI=1S/C21H24N4O2/c1-13-6-8-16(9-7-13)25-20-19(15(3)24-25)18(11-14(2)23-20)21(26)22-12-17-5-4-10-27-17/h6-9,11,17H,4-5,10,12H2,1-3H3,(H,22,26)/t17-/m1/s1. The molecule has 0 saturated carbocycles. The van der Waals surface area contributed by atoms with Crippen LogP contribution in [0.25, 0.3) is 16.7 Å². The summed E-state index contributed by atoms with van der Waals surface area (Å²) in [5, 5.41) is 8.47. The lowest BCUT2D eigenvalue weighted by Gasteiger charge is -2.12. The molecule has 1 aromatic carbocycles. The van der Waals surface area contributed by atoms with E-state index >= 15 is 0 Å². The van der Waals surface area contributed by atoms with Crippen molar-refractivity contribution >= 4 is 16.9 Å². The average Bonchev–Trinajstić information content (AvgIpc) is 3.28. The predicted molar refractivity (Wildman–Crippen MR) is 104 cm³/mol. The molecule has 0 aliphatic carbocycles. The number of rotatable bonds is 4. The van der Waals surface area contributed by atoms with Crippen LogP contribution in [0.4, 0.5) is 0 Å². The first-order valence-corrected chi connectivity index (χ1v) is 9.37. The Morgan fingerprint density at radius 3 is 2.74 bits per heavy atom. The van der Waals surface area contributed by atoms with Crippen molar-refractivity contribution in [3.05, 3.63) is 52.8 Å². The molecular formula is C21H24N4O2. The van der Waals surface area contributed by atoms with Crippen LogP contribution in [0.5, 0.6) is 0 Å². The second kappa shape index (κ2) is 7.12. The zero-order valence-corrected chi connectivity index (χ0v) is 16.0. The summed E-state index contributed by atoms with van der Waals surface area (Å²) in [4.78, 5) is 17.6. The number of hydrogen-bond donors (Lipinski definition) is 1. The van der Waals surface area contributed by atoms with Gasteiger partial charge in [0.2, 0.25) is 0 Å². The zero-order chi connectivity index (χ0) is 19.0. The molecule has 4 rings (SSSR count). The molecule has 6 heteroatoms. The Morgan fingerprint density at radius 1 is 1.26 bits per heavy atom. The fourth-order valence-electron chi connectivity index (χ4n) is 3.57. The predicted octanol–water partition coefficient (Wildman–Crippen LogP) is 3.25. The van der Waals surface area contributed by atoms with Crippen LogP contribution in [0.3, 0.4) is 0 Å². The quantitative estimate of drug-likeness (QED) is 0.771. The second-order valence-electron chi connectivity index (χ2n) is 7.19. The minimum Gasteiger partial charge on any atom is -0.376 e. The summed E-state index contributed by atoms with van der Waals surface area (Å²) in [7, 11) is 0. The molecule has 0 bridgehead atoms. The molecule has 27 heavy (non-hydrogen) atoms. The first-order valence-electron chi connectivity index (χ1n) is 9.37. The Balaban J connectivity index is 1.73. The number of ether oxygens (including phenoxy) is 1. The fraction of sp³-hybridized carbons (Fsp3) is 0.381. The Bertz CT molecular complexity index is 986. The van der Waals surface area contributed by atoms with Crippen molar-refractivity contribution < 1.29 is 9.53 Å². The maximum atomic E-state index is 12.9. The molecule has 3 aromatic rings. The molecule has 6 nitrogen and oxygen atoms in total. The summed E-state index contributed by atoms with van der Waals surface area (Å²) in [5.41, 5.74) is 5.02. The number of nitrogens with zero attached hydrogens (tertiary/aromatic N) is 3. The van der Waals surface area contributed by atoms with Gasteiger partial charge in [-0.05, 0) is 51.8 Å². The summed E-state index contributed by atoms with van der Waals surface area (Å²) in [6.07, 6.45) is 2.17. The lowest BCUT2D eigenvalue weighted by molar-refractivity contribution is 0.0859. The van der Waals surface area contributed by atoms with Crippen LogP contribution in [-0.4, -0.2) is 39.9 Å². The lowest BCUT2D eigenvalue weighted by atomic mass is 10.1. The van der Waals surface area contributed by atoms with Gasteiger partial charge in [-0.15, -0.1) is 0 Å². The summed E-state index contributed by atoms with van der Waals surface area (Å²) >= 11 is 0. The van der Waals surface area contributed by atoms with Crippen molar-refractivity contribution in [3.8, 4) is 5.69 Å². The van der Waals surface area contributed by atoms with E-state index in [2.05, 4.69) is 22.3 Å². The Kier molecular flexibility index (Phi) is 4.66. The highest BCUT2D eigenvalue weighted by molar-refractivity contribution is 6.06. The SMILES string of the molecule is Cc1ccc(-n2nc(C)c3c(C(=O)NC[C@H]4CCCO4)cc(C)nc32)cc1. The third kappa shape index (κ3) is 3.45. The van der Waals surface area contributed by atoms with Crippen LogP contribution in [0, 0.1) is 20.8 Å². The smallest absolute Gasteiger partial charge is 0.252 e. The van der Waals surface area contributed by atoms with E-state index in [0.29, 0.717) is 17.8 Å². The first-order chi connectivity index (χ1) is 13.0. The molecule has 3 heterocycles. The number of carbonyl (C=O) groups is 1. The van der Waals surface area contributed by atoms with Crippen molar-refractivity contribution in [2.45, 2.75) is 39.7 Å². The van der Waals surface area contributed by atoms with Gasteiger partial charge in [-0.3, -0.25) is 4.79 Å². The fourth-order valence-corrected chi connectivity index (χ4v) is 3.57. The molecular weight excluding hydrogens is 340 g/mol. The van der Waals surface area contributed by atoms with Gasteiger partial charge in [-0.25, -0.2) is 9.67 Å². The molecule has 1 N–H and O–H groups in total. The molecule has 0 spiro atoms. The van der Waals surface area contributed by atoms with Crippen molar-refractivity contribution in [2.75, 3.05) is 13.2 Å². The number of nitrogens with one attached hydrogen (secondary N) is 1. The minimum absolute atomic E-state index is 0.104. The summed E-state index contributed by atoms with van der Waals surface area (Å²) in [6.45, 7) is 7.18. The van der Waals surface area contributed by atoms with Gasteiger partial charge in [-0.2, -0.15) is 5.10 Å². The number of amides is 1. The normalized spacial score (nSPS) is 16.8. The molecule has 0 unspecified atom stereocenters. The lowest BCUT2D eigenvalue weighted by Crippen LogP contribution is -2.32. The van der Waals surface area contributed by atoms with Crippen LogP contribution in [-0.2, 0) is 4.74 Å². The van der Waals surface area contributed by atoms with Gasteiger partial charge < -0.3 is 10.1 Å². The largest absolute Gasteiger partial charge is 0.376 e. The van der Waals surface area contributed by atoms with Gasteiger partial charge in [0.25, 0.3) is 5.91 Å². The monoisotopic (exact) mass is 364 g/mol. The van der Waals surface area contributed by atoms with Crippen LogP contribution >= 0.6 is 0 Å². The number of carbonyl (C=O) groups excluding carboxylic acids is 1. The van der Waals surface area contributed by atoms with Crippen LogP contribution in [0.15, 0.2) is 30.3 Å². The molecule has 1 amide bonds. The van der Waals surface area contributed by atoms with Crippen molar-refractivity contribution in [1.29, 1.82) is 0 Å². The van der Waals surface area contributed by atoms with Crippen molar-refractivity contribution in [2.24, 2.45) is 0 Å². The summed E-state index contributed by atoms with van der Waals surface area (Å²) in [5.74, 6) is -0.104. The van der Waals surface area contributed by atoms with Crippen molar-refractivity contribution in [1.82, 2.24) is 20.1 Å². The number of aromatic nitrogens is 3. The summed E-state index contributed by atoms with van der Waals surface area (Å²) in [6, 6.07) is 9.96. The van der Waals surface area contributed by atoms with E-state index in [0.717, 1.165) is 41.9 Å². The van der Waals surface area contributed by atoms with E-state index in [9.17, 15) is 4.79 Å². The molecule has 1 saturated heterocycles. The van der Waals surface area contributed by atoms with Crippen molar-refractivity contribution in [3.63, 3.8) is 0 Å². The summed E-state index contributed by atoms with van der Waals surface area (Å²) < 4.78 is 7.42. The van der Waals surface area contributed by atoms with E-state index in [1.165, 1.54) is 5.56 Å². The van der Waals surface area contributed by atoms with Gasteiger partial charge in [0.05, 0.1) is 28.4 Å². The average molecular weight is 364 g/mol. The highest BCUT2D eigenvalue weighted by Crippen LogP contribution is 2.25. The molecule has 140 valence electrons. The number of benzene rings is 1. The second-order valence-corrected chi connectivity index (χ2v) is 7.19. The van der Waals surface area contributed by atoms with Gasteiger partial charge in [0.1, 0.15) is 0 Å². The molecule has 0 radical (unpaired) electrons. The number of hydrogen-bond acceptors (Lipinski definition) is 4. The molecule has 1 atom stereocenters. The van der Waals surface area contributed by atoms with Crippen LogP contribution in [0.1, 0.15) is 40.2 Å². The molecule has 1 fully saturated rings. The van der Waals surface area contributed by atoms with Gasteiger partial charge in [0.15, 0.2) is 5.65 Å². The van der Waals surface area contributed by atoms with Gasteiger partial charge in [-0.1, -0.05) is 17.7 Å². The molecule has 1 aliphatic heterocycles. The third-order valence-electron chi connectivity index (χ3n) is 4.98. The molecule has 1 aliphatic rings. The van der Waals surface area contributed by atoms with Gasteiger partial charge in [0, 0.05) is 18.8 Å². The zero-order valence-electron chi connectivity index (χ0n) is 16.0. The maximum absolute atomic E-state index is 12.9. The number of aryl methyl sites for hydroxylation is 3. The molecule has 2 aromatic heterocycles. The topological polar surface area (TPSA) is 69.0 Å². The van der Waals surface area contributed by atoms with Crippen LogP contribution in [0.2, 0.25) is 0 Å². The van der Waals surface area contributed by atoms with E-state index in [1.807, 2.05) is 48.9 Å². The van der Waals surface area contributed by atoms with E-state index < -0.39 is 0 Å². The van der Waals surface area contributed by atoms with Crippen LogP contribution < -0.4 is 5.32 Å². The highest BCUT2D eigenvalue weighted by Gasteiger charge is 2.21. The minimum atomic E-state index is -0.104. The van der Waals surface area contributed by atoms with E-state index in [-0.39, 0.29) is 12.0 Å². The van der Waals surface area contributed by atoms with E-state index in [4.69, 9.17) is 4.74 Å². The Hall–Kier alpha value is -2.73. The number of pyridine rings is 1.